The van der Waals surface area contributed by atoms with Gasteiger partial charge in [-0.25, -0.2) is 0 Å². The minimum Gasteiger partial charge on any atom is -0.372 e. The third-order valence-corrected chi connectivity index (χ3v) is 21.3. The number of hydrogen-bond donors (Lipinski definition) is 2. The van der Waals surface area contributed by atoms with E-state index in [1.54, 1.807) is 0 Å². The minimum absolute atomic E-state index is 0.383. The Kier molecular flexibility index (Phi) is 2.37. The second-order valence-corrected chi connectivity index (χ2v) is 13.5. The van der Waals surface area contributed by atoms with Crippen molar-refractivity contribution in [2.75, 3.05) is 0 Å². The third kappa shape index (κ3) is 1.49. The first-order valence-corrected chi connectivity index (χ1v) is 13.2. The van der Waals surface area contributed by atoms with Crippen LogP contribution in [0.15, 0.2) is 0 Å². The highest BCUT2D eigenvalue weighted by Crippen LogP contribution is 1.52. The molecule has 0 aromatic rings. The van der Waals surface area contributed by atoms with Crippen LogP contribution in [0.2, 0.25) is 0 Å². The Balaban J connectivity index is 2.00. The largest absolute Gasteiger partial charge is 0.372 e. The molecule has 36 valence electrons. The van der Waals surface area contributed by atoms with Gasteiger partial charge < -0.3 is 9.30 Å². The molecule has 2 N–H and O–H groups in total. The molecule has 1 fully saturated rings. The van der Waals surface area contributed by atoms with Gasteiger partial charge in [0.15, 0.2) is 0 Å². The lowest BCUT2D eigenvalue weighted by Gasteiger charge is -2.08. The van der Waals surface area contributed by atoms with Gasteiger partial charge in [0.05, 0.1) is 36.8 Å². The fourth-order valence-corrected chi connectivity index (χ4v) is 29.8. The van der Waals surface area contributed by atoms with E-state index >= 15 is 0 Å². The highest BCUT2D eigenvalue weighted by Gasteiger charge is 1.95. The van der Waals surface area contributed by atoms with Gasteiger partial charge in [-0.15, -0.1) is 0 Å². The van der Waals surface area contributed by atoms with Gasteiger partial charge in [-0.3, -0.25) is 0 Å². The molecule has 0 amide bonds. The summed E-state index contributed by atoms with van der Waals surface area (Å²) in [5, 5.41) is 0. The predicted octanol–water partition coefficient (Wildman–Crippen LogP) is -4.66. The van der Waals surface area contributed by atoms with E-state index in [-0.39, 0.29) is 0 Å². The number of rotatable bonds is 0. The summed E-state index contributed by atoms with van der Waals surface area (Å²) in [5.74, 6) is 0. The third-order valence-electron chi connectivity index (χ3n) is 0.957. The molecular formula is H10N2Si4. The maximum Gasteiger partial charge on any atom is 0.0854 e. The van der Waals surface area contributed by atoms with Crippen molar-refractivity contribution in [1.82, 2.24) is 9.30 Å². The van der Waals surface area contributed by atoms with Crippen molar-refractivity contribution in [2.24, 2.45) is 0 Å². The van der Waals surface area contributed by atoms with Crippen LogP contribution in [0.4, 0.5) is 0 Å². The maximum absolute atomic E-state index is 3.62. The first kappa shape index (κ1) is 4.93. The Bertz CT molecular complexity index is 21.0. The van der Waals surface area contributed by atoms with Crippen LogP contribution >= 0.6 is 0 Å². The summed E-state index contributed by atoms with van der Waals surface area (Å²) in [6.45, 7) is 0. The van der Waals surface area contributed by atoms with Crippen molar-refractivity contribution in [3.63, 3.8) is 0 Å². The van der Waals surface area contributed by atoms with Crippen molar-refractivity contribution in [2.45, 2.75) is 0 Å². The molecule has 0 saturated carbocycles. The molecule has 1 aliphatic rings. The average molecular weight is 150 g/mol. The normalized spacial score (nSPS) is 40.0. The summed E-state index contributed by atoms with van der Waals surface area (Å²) in [6.07, 6.45) is 0. The van der Waals surface area contributed by atoms with E-state index in [1.165, 1.54) is 0 Å². The summed E-state index contributed by atoms with van der Waals surface area (Å²) >= 11 is 0. The second-order valence-electron chi connectivity index (χ2n) is 1.50. The molecule has 0 aliphatic carbocycles. The van der Waals surface area contributed by atoms with Crippen molar-refractivity contribution in [3.05, 3.63) is 0 Å². The molecule has 0 bridgehead atoms. The van der Waals surface area contributed by atoms with E-state index in [4.69, 9.17) is 0 Å². The van der Waals surface area contributed by atoms with Crippen LogP contribution in [0.5, 0.6) is 0 Å². The van der Waals surface area contributed by atoms with E-state index in [0.29, 0.717) is 36.8 Å². The topological polar surface area (TPSA) is 24.1 Å². The summed E-state index contributed by atoms with van der Waals surface area (Å²) in [5.41, 5.74) is 0. The van der Waals surface area contributed by atoms with Crippen LogP contribution in [-0.2, 0) is 0 Å². The van der Waals surface area contributed by atoms with Crippen LogP contribution in [0, 0.1) is 0 Å². The molecular weight excluding hydrogens is 140 g/mol. The fraction of sp³-hybridized carbons (Fsp3) is 0. The molecule has 1 saturated heterocycles. The van der Waals surface area contributed by atoms with Gasteiger partial charge in [0.2, 0.25) is 0 Å². The standard InChI is InChI=1S/H10N2Si4/c1-3-5-2-6-4-1/h1-2H,3-6H2. The Hall–Kier alpha value is 0.788. The Morgan fingerprint density at radius 3 is 1.17 bits per heavy atom. The highest BCUT2D eigenvalue weighted by molar-refractivity contribution is 7.16. The monoisotopic (exact) mass is 150 g/mol. The van der Waals surface area contributed by atoms with Gasteiger partial charge in [0, 0.05) is 0 Å². The Morgan fingerprint density at radius 1 is 0.667 bits per heavy atom. The molecule has 1 rings (SSSR count). The van der Waals surface area contributed by atoms with Gasteiger partial charge in [-0.1, -0.05) is 0 Å². The van der Waals surface area contributed by atoms with Gasteiger partial charge in [0.1, 0.15) is 0 Å². The lowest BCUT2D eigenvalue weighted by atomic mass is 13.9. The first-order chi connectivity index (χ1) is 3.00. The molecule has 0 aromatic carbocycles. The SMILES string of the molecule is N1[SiH2][SiH2]N[SiH2][SiH2]1. The van der Waals surface area contributed by atoms with Crippen LogP contribution in [-0.4, -0.2) is 36.8 Å². The fourth-order valence-electron chi connectivity index (χ4n) is 0.604. The molecule has 0 aromatic heterocycles. The zero-order chi connectivity index (χ0) is 4.24. The smallest absolute Gasteiger partial charge is 0.0854 e. The lowest BCUT2D eigenvalue weighted by molar-refractivity contribution is 1.55. The zero-order valence-corrected chi connectivity index (χ0v) is 9.49. The minimum atomic E-state index is 0.383. The van der Waals surface area contributed by atoms with Crippen molar-refractivity contribution < 1.29 is 0 Å². The highest BCUT2D eigenvalue weighted by atomic mass is 29.2. The second kappa shape index (κ2) is 2.88. The number of hydrogen-bond acceptors (Lipinski definition) is 2. The van der Waals surface area contributed by atoms with Crippen LogP contribution in [0.25, 0.3) is 0 Å². The summed E-state index contributed by atoms with van der Waals surface area (Å²) < 4.78 is 7.25. The Morgan fingerprint density at radius 2 is 1.00 bits per heavy atom. The summed E-state index contributed by atoms with van der Waals surface area (Å²) in [7, 11) is 1.53. The van der Waals surface area contributed by atoms with E-state index < -0.39 is 0 Å². The molecule has 1 heterocycles. The quantitative estimate of drug-likeness (QED) is 0.340. The molecule has 6 heavy (non-hydrogen) atoms. The molecule has 0 unspecified atom stereocenters. The summed E-state index contributed by atoms with van der Waals surface area (Å²) in [6, 6.07) is 0. The van der Waals surface area contributed by atoms with E-state index in [9.17, 15) is 0 Å². The first-order valence-electron chi connectivity index (χ1n) is 2.41. The van der Waals surface area contributed by atoms with Crippen molar-refractivity contribution >= 4 is 36.8 Å². The number of nitrogens with one attached hydrogen (secondary N) is 2. The molecule has 6 heteroatoms. The molecule has 1 aliphatic heterocycles. The van der Waals surface area contributed by atoms with Crippen LogP contribution in [0.3, 0.4) is 0 Å². The molecule has 0 atom stereocenters. The summed E-state index contributed by atoms with van der Waals surface area (Å²) in [4.78, 5) is 0. The zero-order valence-electron chi connectivity index (χ0n) is 3.83. The average Bonchev–Trinajstić information content (AvgIpc) is 1.72. The van der Waals surface area contributed by atoms with Crippen LogP contribution in [0.1, 0.15) is 0 Å². The van der Waals surface area contributed by atoms with Gasteiger partial charge >= 0.3 is 0 Å². The van der Waals surface area contributed by atoms with Gasteiger partial charge in [0.25, 0.3) is 0 Å². The maximum atomic E-state index is 3.62. The lowest BCUT2D eigenvalue weighted by Crippen LogP contribution is -2.50. The van der Waals surface area contributed by atoms with E-state index in [0.717, 1.165) is 0 Å². The van der Waals surface area contributed by atoms with Crippen molar-refractivity contribution in [3.8, 4) is 0 Å². The Labute approximate surface area is 46.7 Å². The van der Waals surface area contributed by atoms with Crippen molar-refractivity contribution in [1.29, 1.82) is 0 Å². The van der Waals surface area contributed by atoms with Gasteiger partial charge in [-0.2, -0.15) is 0 Å². The van der Waals surface area contributed by atoms with E-state index in [1.807, 2.05) is 0 Å². The van der Waals surface area contributed by atoms with Crippen LogP contribution < -0.4 is 9.30 Å². The molecule has 0 spiro atoms. The van der Waals surface area contributed by atoms with Gasteiger partial charge in [-0.05, 0) is 0 Å². The molecule has 0 radical (unpaired) electrons. The van der Waals surface area contributed by atoms with E-state index in [2.05, 4.69) is 9.30 Å². The molecule has 2 nitrogen and oxygen atoms in total. The predicted molar refractivity (Wildman–Crippen MR) is 40.4 cm³/mol.